The molecular weight excluding hydrogens is 332 g/mol. The number of ether oxygens (including phenoxy) is 2. The number of aromatic nitrogens is 2. The SMILES string of the molecule is COc1ccc(-c2c3c(=O)nccc-3c3ccccc3n2O)cc1OC. The van der Waals surface area contributed by atoms with Crippen LogP contribution in [-0.2, 0) is 0 Å². The Morgan fingerprint density at radius 1 is 1.00 bits per heavy atom. The molecule has 0 amide bonds. The molecule has 0 fully saturated rings. The summed E-state index contributed by atoms with van der Waals surface area (Å²) in [5, 5.41) is 11.7. The van der Waals surface area contributed by atoms with Crippen LogP contribution in [0.5, 0.6) is 11.5 Å². The van der Waals surface area contributed by atoms with Crippen molar-refractivity contribution < 1.29 is 14.7 Å². The summed E-state index contributed by atoms with van der Waals surface area (Å²) in [5.41, 5.74) is 2.25. The number of pyridine rings is 2. The summed E-state index contributed by atoms with van der Waals surface area (Å²) >= 11 is 0. The van der Waals surface area contributed by atoms with Crippen LogP contribution in [0, 0.1) is 0 Å². The van der Waals surface area contributed by atoms with Crippen molar-refractivity contribution in [3.8, 4) is 33.9 Å². The third kappa shape index (κ3) is 2.27. The molecule has 130 valence electrons. The van der Waals surface area contributed by atoms with Gasteiger partial charge in [-0.1, -0.05) is 18.2 Å². The van der Waals surface area contributed by atoms with Gasteiger partial charge in [0.1, 0.15) is 5.69 Å². The molecule has 2 heterocycles. The molecule has 0 bridgehead atoms. The normalized spacial score (nSPS) is 11.0. The van der Waals surface area contributed by atoms with Crippen molar-refractivity contribution in [1.29, 1.82) is 0 Å². The van der Waals surface area contributed by atoms with E-state index in [-0.39, 0.29) is 0 Å². The van der Waals surface area contributed by atoms with Gasteiger partial charge in [-0.05, 0) is 30.3 Å². The largest absolute Gasteiger partial charge is 0.493 e. The Morgan fingerprint density at radius 3 is 2.54 bits per heavy atom. The minimum absolute atomic E-state index is 0.348. The lowest BCUT2D eigenvalue weighted by atomic mass is 9.95. The Labute approximate surface area is 149 Å². The summed E-state index contributed by atoms with van der Waals surface area (Å²) in [4.78, 5) is 16.4. The van der Waals surface area contributed by atoms with Gasteiger partial charge in [0.2, 0.25) is 0 Å². The molecule has 0 saturated heterocycles. The van der Waals surface area contributed by atoms with Crippen molar-refractivity contribution in [2.45, 2.75) is 0 Å². The number of fused-ring (bicyclic) bond motifs is 3. The Kier molecular flexibility index (Phi) is 3.73. The highest BCUT2D eigenvalue weighted by Gasteiger charge is 2.22. The molecule has 2 aliphatic rings. The lowest BCUT2D eigenvalue weighted by Gasteiger charge is -2.19. The summed E-state index contributed by atoms with van der Waals surface area (Å²) in [7, 11) is 3.09. The fraction of sp³-hybridized carbons (Fsp3) is 0.100. The molecule has 0 aliphatic carbocycles. The number of methoxy groups -OCH3 is 2. The standard InChI is InChI=1S/C20H16N2O4/c1-25-16-8-7-12(11-17(16)26-2)19-18-14(9-10-21-20(18)23)13-5-3-4-6-15(13)22(19)24/h3-11,24H,1-2H3. The third-order valence-electron chi connectivity index (χ3n) is 4.44. The van der Waals surface area contributed by atoms with Gasteiger partial charge in [-0.25, -0.2) is 4.98 Å². The van der Waals surface area contributed by atoms with Crippen LogP contribution < -0.4 is 15.0 Å². The lowest BCUT2D eigenvalue weighted by molar-refractivity contribution is 0.203. The molecule has 4 rings (SSSR count). The monoisotopic (exact) mass is 348 g/mol. The second kappa shape index (κ2) is 6.07. The molecule has 2 aromatic carbocycles. The van der Waals surface area contributed by atoms with E-state index >= 15 is 0 Å². The predicted octanol–water partition coefficient (Wildman–Crippen LogP) is 3.42. The van der Waals surface area contributed by atoms with Crippen LogP contribution >= 0.6 is 0 Å². The molecule has 0 radical (unpaired) electrons. The molecule has 6 heteroatoms. The molecule has 26 heavy (non-hydrogen) atoms. The second-order valence-corrected chi connectivity index (χ2v) is 5.79. The summed E-state index contributed by atoms with van der Waals surface area (Å²) in [5.74, 6) is 1.06. The van der Waals surface area contributed by atoms with Gasteiger partial charge in [0.25, 0.3) is 5.56 Å². The van der Waals surface area contributed by atoms with Crippen LogP contribution in [-0.4, -0.2) is 29.1 Å². The Bertz CT molecular complexity index is 1150. The van der Waals surface area contributed by atoms with Gasteiger partial charge in [0.15, 0.2) is 11.5 Å². The molecule has 0 aromatic heterocycles. The summed E-state index contributed by atoms with van der Waals surface area (Å²) in [6, 6.07) is 14.4. The summed E-state index contributed by atoms with van der Waals surface area (Å²) in [6.45, 7) is 0. The fourth-order valence-corrected chi connectivity index (χ4v) is 3.26. The van der Waals surface area contributed by atoms with Crippen LogP contribution in [0.1, 0.15) is 0 Å². The maximum Gasteiger partial charge on any atom is 0.279 e. The number of para-hydroxylation sites is 1. The smallest absolute Gasteiger partial charge is 0.279 e. The van der Waals surface area contributed by atoms with E-state index in [0.29, 0.717) is 33.8 Å². The van der Waals surface area contributed by atoms with Crippen molar-refractivity contribution in [1.82, 2.24) is 9.71 Å². The number of benzene rings is 2. The average Bonchev–Trinajstić information content (AvgIpc) is 2.68. The predicted molar refractivity (Wildman–Crippen MR) is 98.3 cm³/mol. The van der Waals surface area contributed by atoms with Crippen LogP contribution in [0.2, 0.25) is 0 Å². The average molecular weight is 348 g/mol. The first-order valence-corrected chi connectivity index (χ1v) is 8.00. The molecule has 2 aromatic rings. The van der Waals surface area contributed by atoms with Gasteiger partial charge in [-0.3, -0.25) is 4.79 Å². The molecule has 2 aliphatic heterocycles. The van der Waals surface area contributed by atoms with Gasteiger partial charge < -0.3 is 14.7 Å². The van der Waals surface area contributed by atoms with E-state index in [0.717, 1.165) is 15.7 Å². The Hall–Kier alpha value is -3.54. The first-order chi connectivity index (χ1) is 12.7. The van der Waals surface area contributed by atoms with E-state index in [1.165, 1.54) is 13.3 Å². The highest BCUT2D eigenvalue weighted by atomic mass is 16.5. The van der Waals surface area contributed by atoms with Crippen molar-refractivity contribution in [2.75, 3.05) is 14.2 Å². The van der Waals surface area contributed by atoms with Crippen molar-refractivity contribution >= 4 is 10.9 Å². The van der Waals surface area contributed by atoms with E-state index < -0.39 is 5.56 Å². The highest BCUT2D eigenvalue weighted by Crippen LogP contribution is 2.39. The molecule has 6 nitrogen and oxygen atoms in total. The Morgan fingerprint density at radius 2 is 1.77 bits per heavy atom. The van der Waals surface area contributed by atoms with E-state index in [1.54, 1.807) is 37.4 Å². The zero-order chi connectivity index (χ0) is 18.3. The van der Waals surface area contributed by atoms with Gasteiger partial charge in [-0.2, -0.15) is 4.73 Å². The minimum atomic E-state index is -0.402. The van der Waals surface area contributed by atoms with E-state index in [4.69, 9.17) is 9.47 Å². The molecule has 0 saturated carbocycles. The molecule has 0 atom stereocenters. The minimum Gasteiger partial charge on any atom is -0.493 e. The maximum absolute atomic E-state index is 12.6. The van der Waals surface area contributed by atoms with Gasteiger partial charge in [-0.15, -0.1) is 0 Å². The van der Waals surface area contributed by atoms with Gasteiger partial charge in [0, 0.05) is 22.7 Å². The van der Waals surface area contributed by atoms with Crippen molar-refractivity contribution in [3.63, 3.8) is 0 Å². The first kappa shape index (κ1) is 16.0. The van der Waals surface area contributed by atoms with E-state index in [1.807, 2.05) is 18.2 Å². The molecule has 0 spiro atoms. The van der Waals surface area contributed by atoms with Gasteiger partial charge >= 0.3 is 0 Å². The zero-order valence-corrected chi connectivity index (χ0v) is 14.3. The lowest BCUT2D eigenvalue weighted by Crippen LogP contribution is -2.15. The number of hydrogen-bond donors (Lipinski definition) is 1. The molecule has 1 N–H and O–H groups in total. The second-order valence-electron chi connectivity index (χ2n) is 5.79. The van der Waals surface area contributed by atoms with Crippen molar-refractivity contribution in [3.05, 3.63) is 65.1 Å². The fourth-order valence-electron chi connectivity index (χ4n) is 3.26. The summed E-state index contributed by atoms with van der Waals surface area (Å²) < 4.78 is 11.7. The quantitative estimate of drug-likeness (QED) is 0.454. The van der Waals surface area contributed by atoms with Crippen LogP contribution in [0.15, 0.2) is 59.5 Å². The Balaban J connectivity index is 2.15. The summed E-state index contributed by atoms with van der Waals surface area (Å²) in [6.07, 6.45) is 1.48. The molecule has 0 unspecified atom stereocenters. The number of nitrogens with zero attached hydrogens (tertiary/aromatic N) is 2. The van der Waals surface area contributed by atoms with Crippen LogP contribution in [0.4, 0.5) is 0 Å². The zero-order valence-electron chi connectivity index (χ0n) is 14.3. The first-order valence-electron chi connectivity index (χ1n) is 8.00. The maximum atomic E-state index is 12.6. The number of rotatable bonds is 3. The van der Waals surface area contributed by atoms with Crippen LogP contribution in [0.3, 0.4) is 0 Å². The topological polar surface area (TPSA) is 73.6 Å². The number of hydrogen-bond acceptors (Lipinski definition) is 5. The van der Waals surface area contributed by atoms with E-state index in [2.05, 4.69) is 4.98 Å². The van der Waals surface area contributed by atoms with Gasteiger partial charge in [0.05, 0.1) is 25.3 Å². The third-order valence-corrected chi connectivity index (χ3v) is 4.44. The van der Waals surface area contributed by atoms with E-state index in [9.17, 15) is 10.0 Å². The molecular formula is C20H16N2O4. The van der Waals surface area contributed by atoms with Crippen LogP contribution in [0.25, 0.3) is 33.3 Å². The highest BCUT2D eigenvalue weighted by molar-refractivity contribution is 6.01. The van der Waals surface area contributed by atoms with Crippen molar-refractivity contribution in [2.24, 2.45) is 0 Å².